The van der Waals surface area contributed by atoms with Crippen molar-refractivity contribution in [1.29, 1.82) is 0 Å². The highest BCUT2D eigenvalue weighted by atomic mass is 32.2. The van der Waals surface area contributed by atoms with Crippen LogP contribution in [0.3, 0.4) is 0 Å². The maximum atomic E-state index is 13.5. The molecule has 2 heterocycles. The lowest BCUT2D eigenvalue weighted by Crippen LogP contribution is -2.56. The van der Waals surface area contributed by atoms with Gasteiger partial charge in [-0.15, -0.1) is 0 Å². The first kappa shape index (κ1) is 21.6. The minimum absolute atomic E-state index is 0.122. The Balaban J connectivity index is 1.45. The van der Waals surface area contributed by atoms with Crippen molar-refractivity contribution in [3.05, 3.63) is 71.3 Å². The van der Waals surface area contributed by atoms with Gasteiger partial charge in [0.15, 0.2) is 0 Å². The molecule has 6 nitrogen and oxygen atoms in total. The van der Waals surface area contributed by atoms with Crippen LogP contribution in [-0.4, -0.2) is 76.7 Å². The third-order valence-corrected chi connectivity index (χ3v) is 6.59. The van der Waals surface area contributed by atoms with E-state index in [-0.39, 0.29) is 17.7 Å². The molecule has 0 N–H and O–H groups in total. The van der Waals surface area contributed by atoms with Crippen molar-refractivity contribution in [2.75, 3.05) is 38.2 Å². The van der Waals surface area contributed by atoms with Crippen molar-refractivity contribution < 1.29 is 14.4 Å². The molecule has 0 bridgehead atoms. The zero-order valence-corrected chi connectivity index (χ0v) is 18.5. The summed E-state index contributed by atoms with van der Waals surface area (Å²) in [5.41, 5.74) is 2.04. The molecule has 0 aliphatic carbocycles. The number of carbonyl (C=O) groups excluding carboxylic acids is 3. The second-order valence-corrected chi connectivity index (χ2v) is 8.90. The van der Waals surface area contributed by atoms with Gasteiger partial charge in [-0.2, -0.15) is 11.8 Å². The number of hydrogen-bond acceptors (Lipinski definition) is 5. The number of hydrogen-bond donors (Lipinski definition) is 0. The third-order valence-electron chi connectivity index (χ3n) is 5.95. The molecule has 1 atom stereocenters. The van der Waals surface area contributed by atoms with E-state index in [0.717, 1.165) is 19.6 Å². The van der Waals surface area contributed by atoms with Gasteiger partial charge in [0, 0.05) is 32.7 Å². The highest BCUT2D eigenvalue weighted by Crippen LogP contribution is 2.27. The van der Waals surface area contributed by atoms with E-state index in [1.165, 1.54) is 10.5 Å². The Morgan fingerprint density at radius 2 is 1.48 bits per heavy atom. The molecule has 4 rings (SSSR count). The molecule has 7 heteroatoms. The van der Waals surface area contributed by atoms with Crippen LogP contribution in [-0.2, 0) is 11.3 Å². The molecular weight excluding hydrogens is 410 g/mol. The lowest BCUT2D eigenvalue weighted by molar-refractivity contribution is -0.137. The SMILES string of the molecule is CSCC[C@@H](C(=O)N1CCN(Cc2ccccc2)CC1)N1C(=O)c2ccccc2C1=O. The van der Waals surface area contributed by atoms with Gasteiger partial charge >= 0.3 is 0 Å². The van der Waals surface area contributed by atoms with Crippen LogP contribution in [0.1, 0.15) is 32.7 Å². The zero-order chi connectivity index (χ0) is 21.8. The van der Waals surface area contributed by atoms with Crippen molar-refractivity contribution in [2.45, 2.75) is 19.0 Å². The van der Waals surface area contributed by atoms with E-state index in [1.807, 2.05) is 29.4 Å². The van der Waals surface area contributed by atoms with Gasteiger partial charge in [-0.05, 0) is 36.1 Å². The number of imide groups is 1. The summed E-state index contributed by atoms with van der Waals surface area (Å²) < 4.78 is 0. The minimum atomic E-state index is -0.750. The molecule has 0 spiro atoms. The fourth-order valence-corrected chi connectivity index (χ4v) is 4.72. The van der Waals surface area contributed by atoms with Crippen molar-refractivity contribution in [1.82, 2.24) is 14.7 Å². The maximum Gasteiger partial charge on any atom is 0.262 e. The van der Waals surface area contributed by atoms with Gasteiger partial charge in [0.05, 0.1) is 11.1 Å². The van der Waals surface area contributed by atoms with Gasteiger partial charge in [0.1, 0.15) is 6.04 Å². The van der Waals surface area contributed by atoms with Crippen LogP contribution < -0.4 is 0 Å². The number of piperazine rings is 1. The van der Waals surface area contributed by atoms with Gasteiger partial charge in [-0.1, -0.05) is 42.5 Å². The zero-order valence-electron chi connectivity index (χ0n) is 17.7. The second kappa shape index (κ2) is 9.66. The summed E-state index contributed by atoms with van der Waals surface area (Å²) in [6.07, 6.45) is 2.43. The molecule has 2 aliphatic rings. The van der Waals surface area contributed by atoms with E-state index >= 15 is 0 Å². The molecule has 2 aromatic rings. The summed E-state index contributed by atoms with van der Waals surface area (Å²) in [6.45, 7) is 3.61. The fourth-order valence-electron chi connectivity index (χ4n) is 4.26. The number of amides is 3. The molecule has 1 fully saturated rings. The Morgan fingerprint density at radius 1 is 0.903 bits per heavy atom. The minimum Gasteiger partial charge on any atom is -0.338 e. The fraction of sp³-hybridized carbons (Fsp3) is 0.375. The molecular formula is C24H27N3O3S. The second-order valence-electron chi connectivity index (χ2n) is 7.91. The Morgan fingerprint density at radius 3 is 2.06 bits per heavy atom. The van der Waals surface area contributed by atoms with Gasteiger partial charge in [0.2, 0.25) is 5.91 Å². The standard InChI is InChI=1S/C24H27N3O3S/c1-31-16-11-21(27-22(28)19-9-5-6-10-20(19)23(27)29)24(30)26-14-12-25(13-15-26)17-18-7-3-2-4-8-18/h2-10,21H,11-17H2,1H3/t21-/m0/s1. The number of thioether (sulfide) groups is 1. The summed E-state index contributed by atoms with van der Waals surface area (Å²) in [6, 6.07) is 16.4. The van der Waals surface area contributed by atoms with Gasteiger partial charge < -0.3 is 4.90 Å². The van der Waals surface area contributed by atoms with Crippen molar-refractivity contribution in [3.8, 4) is 0 Å². The van der Waals surface area contributed by atoms with Crippen LogP contribution in [0.5, 0.6) is 0 Å². The summed E-state index contributed by atoms with van der Waals surface area (Å²) in [4.78, 5) is 44.7. The average molecular weight is 438 g/mol. The molecule has 3 amide bonds. The number of rotatable bonds is 7. The topological polar surface area (TPSA) is 60.9 Å². The van der Waals surface area contributed by atoms with Crippen LogP contribution in [0.25, 0.3) is 0 Å². The van der Waals surface area contributed by atoms with Crippen LogP contribution in [0.2, 0.25) is 0 Å². The third kappa shape index (κ3) is 4.52. The van der Waals surface area contributed by atoms with Gasteiger partial charge in [-0.25, -0.2) is 0 Å². The predicted octanol–water partition coefficient (Wildman–Crippen LogP) is 2.75. The van der Waals surface area contributed by atoms with E-state index in [4.69, 9.17) is 0 Å². The average Bonchev–Trinajstić information content (AvgIpc) is 3.06. The number of fused-ring (bicyclic) bond motifs is 1. The quantitative estimate of drug-likeness (QED) is 0.624. The van der Waals surface area contributed by atoms with Crippen molar-refractivity contribution >= 4 is 29.5 Å². The van der Waals surface area contributed by atoms with Gasteiger partial charge in [0.25, 0.3) is 11.8 Å². The lowest BCUT2D eigenvalue weighted by Gasteiger charge is -2.37. The Labute approximate surface area is 187 Å². The molecule has 0 radical (unpaired) electrons. The summed E-state index contributed by atoms with van der Waals surface area (Å²) >= 11 is 1.61. The smallest absolute Gasteiger partial charge is 0.262 e. The monoisotopic (exact) mass is 437 g/mol. The highest BCUT2D eigenvalue weighted by Gasteiger charge is 2.43. The van der Waals surface area contributed by atoms with E-state index in [9.17, 15) is 14.4 Å². The van der Waals surface area contributed by atoms with Crippen LogP contribution in [0, 0.1) is 0 Å². The van der Waals surface area contributed by atoms with E-state index in [1.54, 1.807) is 36.0 Å². The molecule has 0 unspecified atom stereocenters. The Kier molecular flexibility index (Phi) is 6.73. The van der Waals surface area contributed by atoms with Crippen molar-refractivity contribution in [3.63, 3.8) is 0 Å². The number of nitrogens with zero attached hydrogens (tertiary/aromatic N) is 3. The first-order chi connectivity index (χ1) is 15.1. The molecule has 0 aromatic heterocycles. The molecule has 1 saturated heterocycles. The summed E-state index contributed by atoms with van der Waals surface area (Å²) in [5.74, 6) is -0.133. The first-order valence-corrected chi connectivity index (χ1v) is 12.0. The number of carbonyl (C=O) groups is 3. The van der Waals surface area contributed by atoms with Crippen molar-refractivity contribution in [2.24, 2.45) is 0 Å². The summed E-state index contributed by atoms with van der Waals surface area (Å²) in [7, 11) is 0. The predicted molar refractivity (Wildman–Crippen MR) is 122 cm³/mol. The molecule has 31 heavy (non-hydrogen) atoms. The van der Waals surface area contributed by atoms with Gasteiger partial charge in [-0.3, -0.25) is 24.2 Å². The highest BCUT2D eigenvalue weighted by molar-refractivity contribution is 7.98. The largest absolute Gasteiger partial charge is 0.338 e. The van der Waals surface area contributed by atoms with E-state index in [2.05, 4.69) is 17.0 Å². The number of benzene rings is 2. The Bertz CT molecular complexity index is 923. The Hall–Kier alpha value is -2.64. The van der Waals surface area contributed by atoms with Crippen LogP contribution >= 0.6 is 11.8 Å². The normalized spacial score (nSPS) is 17.7. The molecule has 2 aliphatic heterocycles. The van der Waals surface area contributed by atoms with E-state index in [0.29, 0.717) is 36.4 Å². The van der Waals surface area contributed by atoms with E-state index < -0.39 is 6.04 Å². The lowest BCUT2D eigenvalue weighted by atomic mass is 10.1. The molecule has 0 saturated carbocycles. The first-order valence-electron chi connectivity index (χ1n) is 10.6. The van der Waals surface area contributed by atoms with Crippen LogP contribution in [0.15, 0.2) is 54.6 Å². The molecule has 2 aromatic carbocycles. The maximum absolute atomic E-state index is 13.5. The molecule has 162 valence electrons. The van der Waals surface area contributed by atoms with Crippen LogP contribution in [0.4, 0.5) is 0 Å². The summed E-state index contributed by atoms with van der Waals surface area (Å²) in [5, 5.41) is 0.